The lowest BCUT2D eigenvalue weighted by atomic mass is 9.49. The summed E-state index contributed by atoms with van der Waals surface area (Å²) in [4.78, 5) is 13.2. The fraction of sp³-hybridized carbons (Fsp3) is 0.682. The largest absolute Gasteiger partial charge is 0.372 e. The van der Waals surface area contributed by atoms with Crippen molar-refractivity contribution < 1.29 is 9.53 Å². The van der Waals surface area contributed by atoms with E-state index in [1.54, 1.807) is 7.11 Å². The van der Waals surface area contributed by atoms with Crippen molar-refractivity contribution in [2.75, 3.05) is 13.7 Å². The van der Waals surface area contributed by atoms with E-state index in [9.17, 15) is 4.79 Å². The van der Waals surface area contributed by atoms with Crippen molar-refractivity contribution in [2.45, 2.75) is 57.5 Å². The molecule has 5 rings (SSSR count). The number of hydrogen-bond donors (Lipinski definition) is 1. The van der Waals surface area contributed by atoms with Crippen molar-refractivity contribution in [1.82, 2.24) is 5.32 Å². The van der Waals surface area contributed by atoms with Crippen LogP contribution in [0.25, 0.3) is 0 Å². The first-order valence-electron chi connectivity index (χ1n) is 9.98. The molecular formula is C22H31NO2. The molecule has 3 heteroatoms. The molecular weight excluding hydrogens is 310 g/mol. The molecule has 0 radical (unpaired) electrons. The minimum atomic E-state index is -0.431. The quantitative estimate of drug-likeness (QED) is 0.839. The third kappa shape index (κ3) is 2.91. The number of nitrogens with one attached hydrogen (secondary N) is 1. The van der Waals surface area contributed by atoms with E-state index >= 15 is 0 Å². The summed E-state index contributed by atoms with van der Waals surface area (Å²) in [6, 6.07) is 10.3. The van der Waals surface area contributed by atoms with Crippen molar-refractivity contribution in [2.24, 2.45) is 23.2 Å². The lowest BCUT2D eigenvalue weighted by Gasteiger charge is -2.55. The first kappa shape index (κ1) is 17.1. The highest BCUT2D eigenvalue weighted by molar-refractivity contribution is 5.83. The molecule has 3 nitrogen and oxygen atoms in total. The number of benzene rings is 1. The minimum absolute atomic E-state index is 0.0847. The van der Waals surface area contributed by atoms with Gasteiger partial charge in [-0.2, -0.15) is 0 Å². The molecule has 0 heterocycles. The highest BCUT2D eigenvalue weighted by Gasteiger charge is 2.54. The minimum Gasteiger partial charge on any atom is -0.372 e. The lowest BCUT2D eigenvalue weighted by molar-refractivity contribution is -0.148. The number of hydrogen-bond acceptors (Lipinski definition) is 2. The first-order valence-corrected chi connectivity index (χ1v) is 9.98. The Labute approximate surface area is 151 Å². The molecule has 0 aromatic heterocycles. The second kappa shape index (κ2) is 6.42. The Hall–Kier alpha value is -1.35. The Morgan fingerprint density at radius 2 is 1.68 bits per heavy atom. The Kier molecular flexibility index (Phi) is 4.39. The van der Waals surface area contributed by atoms with Crippen LogP contribution in [0.2, 0.25) is 0 Å². The molecule has 0 unspecified atom stereocenters. The molecule has 4 bridgehead atoms. The van der Waals surface area contributed by atoms with Crippen LogP contribution in [-0.4, -0.2) is 19.6 Å². The fourth-order valence-corrected chi connectivity index (χ4v) is 6.31. The summed E-state index contributed by atoms with van der Waals surface area (Å²) in [5.41, 5.74) is 0.628. The Balaban J connectivity index is 1.49. The average Bonchev–Trinajstić information content (AvgIpc) is 2.62. The van der Waals surface area contributed by atoms with E-state index in [4.69, 9.17) is 4.74 Å². The SMILES string of the molecule is CC[C@](CNC(=O)C12CC3CC(CC(C3)C1)C2)(OC)c1ccccc1. The summed E-state index contributed by atoms with van der Waals surface area (Å²) in [5, 5.41) is 3.32. The van der Waals surface area contributed by atoms with Crippen molar-refractivity contribution in [3.05, 3.63) is 35.9 Å². The summed E-state index contributed by atoms with van der Waals surface area (Å²) in [5.74, 6) is 2.68. The Bertz CT molecular complexity index is 585. The van der Waals surface area contributed by atoms with Crippen LogP contribution < -0.4 is 5.32 Å². The maximum Gasteiger partial charge on any atom is 0.226 e. The van der Waals surface area contributed by atoms with Gasteiger partial charge in [0.25, 0.3) is 0 Å². The smallest absolute Gasteiger partial charge is 0.226 e. The van der Waals surface area contributed by atoms with Crippen molar-refractivity contribution in [3.63, 3.8) is 0 Å². The average molecular weight is 341 g/mol. The van der Waals surface area contributed by atoms with Gasteiger partial charge in [0.2, 0.25) is 5.91 Å². The van der Waals surface area contributed by atoms with Crippen molar-refractivity contribution in [1.29, 1.82) is 0 Å². The maximum atomic E-state index is 13.2. The number of rotatable bonds is 6. The van der Waals surface area contributed by atoms with Crippen LogP contribution >= 0.6 is 0 Å². The molecule has 0 spiro atoms. The normalized spacial score (nSPS) is 35.4. The van der Waals surface area contributed by atoms with Gasteiger partial charge in [0.1, 0.15) is 5.60 Å². The Morgan fingerprint density at radius 1 is 1.12 bits per heavy atom. The highest BCUT2D eigenvalue weighted by atomic mass is 16.5. The van der Waals surface area contributed by atoms with E-state index in [0.717, 1.165) is 49.0 Å². The molecule has 4 aliphatic rings. The molecule has 25 heavy (non-hydrogen) atoms. The van der Waals surface area contributed by atoms with Crippen LogP contribution in [0.15, 0.2) is 30.3 Å². The lowest BCUT2D eigenvalue weighted by Crippen LogP contribution is -2.55. The number of carbonyl (C=O) groups excluding carboxylic acids is 1. The van der Waals surface area contributed by atoms with Gasteiger partial charge < -0.3 is 10.1 Å². The third-order valence-corrected chi connectivity index (χ3v) is 7.32. The predicted octanol–water partition coefficient (Wildman–Crippen LogP) is 4.27. The number of methoxy groups -OCH3 is 1. The van der Waals surface area contributed by atoms with E-state index in [2.05, 4.69) is 24.4 Å². The molecule has 1 atom stereocenters. The van der Waals surface area contributed by atoms with Crippen molar-refractivity contribution >= 4 is 5.91 Å². The van der Waals surface area contributed by atoms with E-state index in [-0.39, 0.29) is 11.3 Å². The van der Waals surface area contributed by atoms with Crippen LogP contribution in [0.5, 0.6) is 0 Å². The van der Waals surface area contributed by atoms with Gasteiger partial charge in [-0.25, -0.2) is 0 Å². The number of amides is 1. The molecule has 1 aromatic carbocycles. The second-order valence-electron chi connectivity index (χ2n) is 8.80. The van der Waals surface area contributed by atoms with Gasteiger partial charge in [-0.3, -0.25) is 4.79 Å². The molecule has 1 N–H and O–H groups in total. The molecule has 1 amide bonds. The summed E-state index contributed by atoms with van der Waals surface area (Å²) in [6.07, 6.45) is 8.29. The van der Waals surface area contributed by atoms with Crippen LogP contribution in [0.3, 0.4) is 0 Å². The number of ether oxygens (including phenoxy) is 1. The fourth-order valence-electron chi connectivity index (χ4n) is 6.31. The van der Waals surface area contributed by atoms with Gasteiger partial charge in [-0.15, -0.1) is 0 Å². The Morgan fingerprint density at radius 3 is 2.16 bits per heavy atom. The molecule has 136 valence electrons. The second-order valence-corrected chi connectivity index (χ2v) is 8.80. The summed E-state index contributed by atoms with van der Waals surface area (Å²) in [7, 11) is 1.76. The van der Waals surface area contributed by atoms with Gasteiger partial charge >= 0.3 is 0 Å². The van der Waals surface area contributed by atoms with Gasteiger partial charge in [0.05, 0.1) is 6.54 Å². The zero-order valence-corrected chi connectivity index (χ0v) is 15.6. The molecule has 0 saturated heterocycles. The molecule has 4 aliphatic carbocycles. The van der Waals surface area contributed by atoms with Crippen LogP contribution in [0, 0.1) is 23.2 Å². The monoisotopic (exact) mass is 341 g/mol. The van der Waals surface area contributed by atoms with Crippen molar-refractivity contribution in [3.8, 4) is 0 Å². The molecule has 1 aromatic rings. The van der Waals surface area contributed by atoms with E-state index in [1.165, 1.54) is 19.3 Å². The summed E-state index contributed by atoms with van der Waals surface area (Å²) in [6.45, 7) is 2.69. The van der Waals surface area contributed by atoms with E-state index < -0.39 is 5.60 Å². The van der Waals surface area contributed by atoms with Gasteiger partial charge in [0, 0.05) is 12.5 Å². The van der Waals surface area contributed by atoms with Gasteiger partial charge in [-0.1, -0.05) is 37.3 Å². The molecule has 4 saturated carbocycles. The van der Waals surface area contributed by atoms with Crippen LogP contribution in [0.1, 0.15) is 57.4 Å². The first-order chi connectivity index (χ1) is 12.1. The zero-order chi connectivity index (χ0) is 17.5. The summed E-state index contributed by atoms with van der Waals surface area (Å²) >= 11 is 0. The third-order valence-electron chi connectivity index (χ3n) is 7.32. The van der Waals surface area contributed by atoms with Crippen LogP contribution in [0.4, 0.5) is 0 Å². The molecule has 4 fully saturated rings. The molecule has 0 aliphatic heterocycles. The summed E-state index contributed by atoms with van der Waals surface area (Å²) < 4.78 is 5.93. The predicted molar refractivity (Wildman–Crippen MR) is 99.0 cm³/mol. The van der Waals surface area contributed by atoms with E-state index in [1.807, 2.05) is 18.2 Å². The van der Waals surface area contributed by atoms with Crippen LogP contribution in [-0.2, 0) is 15.1 Å². The standard InChI is InChI=1S/C22H31NO2/c1-3-22(25-2,19-7-5-4-6-8-19)15-23-20(24)21-12-16-9-17(13-21)11-18(10-16)14-21/h4-8,16-18H,3,9-15H2,1-2H3,(H,23,24)/t16?,17?,18?,21?,22-/m1/s1. The van der Waals surface area contributed by atoms with Gasteiger partial charge in [0.15, 0.2) is 0 Å². The topological polar surface area (TPSA) is 38.3 Å². The van der Waals surface area contributed by atoms with Gasteiger partial charge in [-0.05, 0) is 68.3 Å². The zero-order valence-electron chi connectivity index (χ0n) is 15.6. The van der Waals surface area contributed by atoms with E-state index in [0.29, 0.717) is 6.54 Å². The number of carbonyl (C=O) groups is 1. The maximum absolute atomic E-state index is 13.2. The highest BCUT2D eigenvalue weighted by Crippen LogP contribution is 2.60.